The second-order valence-corrected chi connectivity index (χ2v) is 2.10. The Morgan fingerprint density at radius 1 is 1.55 bits per heavy atom. The molecule has 0 saturated carbocycles. The number of amides is 1. The van der Waals surface area contributed by atoms with E-state index in [9.17, 15) is 4.79 Å². The fraction of sp³-hybridized carbons (Fsp3) is 0.222. The first-order valence-electron chi connectivity index (χ1n) is 3.37. The highest BCUT2D eigenvalue weighted by Crippen LogP contribution is 1.86. The quantitative estimate of drug-likeness (QED) is 0.337. The van der Waals surface area contributed by atoms with E-state index in [2.05, 4.69) is 13.2 Å². The minimum atomic E-state index is -0.0372. The summed E-state index contributed by atoms with van der Waals surface area (Å²) >= 11 is 0. The van der Waals surface area contributed by atoms with Crippen LogP contribution in [0.2, 0.25) is 0 Å². The van der Waals surface area contributed by atoms with Crippen LogP contribution in [0, 0.1) is 0 Å². The van der Waals surface area contributed by atoms with Gasteiger partial charge >= 0.3 is 0 Å². The molecule has 0 heterocycles. The summed E-state index contributed by atoms with van der Waals surface area (Å²) in [4.78, 5) is 12.6. The van der Waals surface area contributed by atoms with Crippen molar-refractivity contribution in [3.63, 3.8) is 0 Å². The molecule has 0 fully saturated rings. The summed E-state index contributed by atoms with van der Waals surface area (Å²) in [6.07, 6.45) is 6.33. The molecule has 0 radical (unpaired) electrons. The van der Waals surface area contributed by atoms with E-state index in [0.717, 1.165) is 0 Å². The highest BCUT2D eigenvalue weighted by Gasteiger charge is 1.99. The smallest absolute Gasteiger partial charge is 0.246 e. The van der Waals surface area contributed by atoms with Crippen LogP contribution in [-0.2, 0) is 4.79 Å². The topological polar surface area (TPSA) is 20.3 Å². The molecule has 0 atom stereocenters. The summed E-state index contributed by atoms with van der Waals surface area (Å²) < 4.78 is 0. The predicted molar refractivity (Wildman–Crippen MR) is 47.2 cm³/mol. The summed E-state index contributed by atoms with van der Waals surface area (Å²) in [5, 5.41) is 0. The molecule has 60 valence electrons. The fourth-order valence-corrected chi connectivity index (χ4v) is 0.561. The molecule has 0 aromatic carbocycles. The molecule has 0 aliphatic carbocycles. The van der Waals surface area contributed by atoms with Crippen LogP contribution in [0.1, 0.15) is 0 Å². The van der Waals surface area contributed by atoms with Crippen LogP contribution < -0.4 is 0 Å². The molecular weight excluding hydrogens is 138 g/mol. The summed E-state index contributed by atoms with van der Waals surface area (Å²) in [6, 6.07) is 0. The summed E-state index contributed by atoms with van der Waals surface area (Å²) in [7, 11) is 1.72. The third-order valence-electron chi connectivity index (χ3n) is 1.15. The van der Waals surface area contributed by atoms with Gasteiger partial charge in [-0.2, -0.15) is 0 Å². The van der Waals surface area contributed by atoms with E-state index in [0.29, 0.717) is 6.54 Å². The molecule has 0 rings (SSSR count). The second kappa shape index (κ2) is 5.47. The zero-order valence-corrected chi connectivity index (χ0v) is 6.79. The lowest BCUT2D eigenvalue weighted by Gasteiger charge is -2.10. The molecule has 2 heteroatoms. The molecule has 0 aromatic rings. The van der Waals surface area contributed by atoms with Gasteiger partial charge in [0.1, 0.15) is 0 Å². The van der Waals surface area contributed by atoms with E-state index in [-0.39, 0.29) is 5.91 Å². The number of carbonyl (C=O) groups excluding carboxylic acids is 1. The Balaban J connectivity index is 3.91. The van der Waals surface area contributed by atoms with Crippen LogP contribution in [0.3, 0.4) is 0 Å². The maximum absolute atomic E-state index is 11.0. The number of likely N-dealkylation sites (N-methyl/N-ethyl adjacent to an activating group) is 1. The van der Waals surface area contributed by atoms with Crippen molar-refractivity contribution in [3.05, 3.63) is 37.5 Å². The Kier molecular flexibility index (Phi) is 4.82. The van der Waals surface area contributed by atoms with Crippen LogP contribution in [-0.4, -0.2) is 24.4 Å². The number of carbonyl (C=O) groups is 1. The Bertz CT molecular complexity index is 182. The molecule has 0 saturated heterocycles. The molecular formula is C9H13NO. The Morgan fingerprint density at radius 2 is 2.18 bits per heavy atom. The van der Waals surface area contributed by atoms with Crippen LogP contribution >= 0.6 is 0 Å². The van der Waals surface area contributed by atoms with Crippen LogP contribution in [0.15, 0.2) is 37.5 Å². The van der Waals surface area contributed by atoms with E-state index in [1.807, 2.05) is 0 Å². The van der Waals surface area contributed by atoms with Gasteiger partial charge in [-0.1, -0.05) is 24.8 Å². The first kappa shape index (κ1) is 9.69. The van der Waals surface area contributed by atoms with E-state index >= 15 is 0 Å². The lowest BCUT2D eigenvalue weighted by Crippen LogP contribution is -2.24. The first-order valence-corrected chi connectivity index (χ1v) is 3.37. The summed E-state index contributed by atoms with van der Waals surface area (Å²) in [5.41, 5.74) is 0. The van der Waals surface area contributed by atoms with E-state index in [1.165, 1.54) is 6.08 Å². The molecule has 0 bridgehead atoms. The van der Waals surface area contributed by atoms with Crippen molar-refractivity contribution in [3.8, 4) is 0 Å². The minimum Gasteiger partial charge on any atom is -0.339 e. The number of rotatable bonds is 4. The Hall–Kier alpha value is -1.31. The normalized spacial score (nSPS) is 9.55. The molecule has 0 N–H and O–H groups in total. The molecule has 11 heavy (non-hydrogen) atoms. The van der Waals surface area contributed by atoms with Crippen molar-refractivity contribution < 1.29 is 4.79 Å². The average Bonchev–Trinajstić information content (AvgIpc) is 2.00. The van der Waals surface area contributed by atoms with Gasteiger partial charge in [0.15, 0.2) is 0 Å². The predicted octanol–water partition coefficient (Wildman–Crippen LogP) is 1.37. The van der Waals surface area contributed by atoms with Gasteiger partial charge in [0.25, 0.3) is 0 Å². The first-order chi connectivity index (χ1) is 5.22. The van der Waals surface area contributed by atoms with Crippen LogP contribution in [0.25, 0.3) is 0 Å². The maximum Gasteiger partial charge on any atom is 0.246 e. The third kappa shape index (κ3) is 4.14. The molecule has 0 spiro atoms. The maximum atomic E-state index is 11.0. The summed E-state index contributed by atoms with van der Waals surface area (Å²) in [5.74, 6) is -0.0372. The molecule has 0 aliphatic heterocycles. The van der Waals surface area contributed by atoms with Crippen LogP contribution in [0.4, 0.5) is 0 Å². The fourth-order valence-electron chi connectivity index (χ4n) is 0.561. The second-order valence-electron chi connectivity index (χ2n) is 2.10. The van der Waals surface area contributed by atoms with Gasteiger partial charge in [0, 0.05) is 19.7 Å². The van der Waals surface area contributed by atoms with Gasteiger partial charge < -0.3 is 4.90 Å². The molecule has 0 aliphatic rings. The Morgan fingerprint density at radius 3 is 2.64 bits per heavy atom. The van der Waals surface area contributed by atoms with E-state index in [1.54, 1.807) is 30.2 Å². The zero-order chi connectivity index (χ0) is 8.69. The van der Waals surface area contributed by atoms with Crippen molar-refractivity contribution in [1.82, 2.24) is 4.90 Å². The molecule has 0 unspecified atom stereocenters. The molecule has 2 nitrogen and oxygen atoms in total. The number of allylic oxidation sites excluding steroid dienone is 2. The third-order valence-corrected chi connectivity index (χ3v) is 1.15. The standard InChI is InChI=1S/C9H13NO/c1-4-6-7-9(11)10(3)8-5-2/h4-7H,1-2,8H2,3H3/b7-6-. The number of hydrogen-bond donors (Lipinski definition) is 0. The molecule has 1 amide bonds. The lowest BCUT2D eigenvalue weighted by molar-refractivity contribution is -0.124. The van der Waals surface area contributed by atoms with Gasteiger partial charge in [0.05, 0.1) is 0 Å². The SMILES string of the molecule is C=C/C=C\C(=O)N(C)CC=C. The zero-order valence-electron chi connectivity index (χ0n) is 6.79. The highest BCUT2D eigenvalue weighted by molar-refractivity contribution is 5.87. The van der Waals surface area contributed by atoms with Gasteiger partial charge in [-0.05, 0) is 0 Å². The minimum absolute atomic E-state index is 0.0372. The van der Waals surface area contributed by atoms with Crippen molar-refractivity contribution in [2.24, 2.45) is 0 Å². The van der Waals surface area contributed by atoms with E-state index < -0.39 is 0 Å². The van der Waals surface area contributed by atoms with Gasteiger partial charge in [-0.15, -0.1) is 6.58 Å². The van der Waals surface area contributed by atoms with Gasteiger partial charge in [-0.3, -0.25) is 4.79 Å². The number of nitrogens with zero attached hydrogens (tertiary/aromatic N) is 1. The highest BCUT2D eigenvalue weighted by atomic mass is 16.2. The van der Waals surface area contributed by atoms with Crippen molar-refractivity contribution in [1.29, 1.82) is 0 Å². The lowest BCUT2D eigenvalue weighted by atomic mass is 10.4. The number of hydrogen-bond acceptors (Lipinski definition) is 1. The van der Waals surface area contributed by atoms with Crippen molar-refractivity contribution in [2.75, 3.05) is 13.6 Å². The Labute approximate surface area is 67.5 Å². The largest absolute Gasteiger partial charge is 0.339 e. The van der Waals surface area contributed by atoms with Crippen molar-refractivity contribution >= 4 is 5.91 Å². The average molecular weight is 151 g/mol. The summed E-state index contributed by atoms with van der Waals surface area (Å²) in [6.45, 7) is 7.56. The monoisotopic (exact) mass is 151 g/mol. The van der Waals surface area contributed by atoms with Gasteiger partial charge in [0.2, 0.25) is 5.91 Å². The van der Waals surface area contributed by atoms with Crippen LogP contribution in [0.5, 0.6) is 0 Å². The van der Waals surface area contributed by atoms with Gasteiger partial charge in [-0.25, -0.2) is 0 Å². The van der Waals surface area contributed by atoms with E-state index in [4.69, 9.17) is 0 Å². The molecule has 0 aromatic heterocycles. The van der Waals surface area contributed by atoms with Crippen molar-refractivity contribution in [2.45, 2.75) is 0 Å².